The molecule has 0 amide bonds. The van der Waals surface area contributed by atoms with Gasteiger partial charge in [0.2, 0.25) is 0 Å². The van der Waals surface area contributed by atoms with Crippen molar-refractivity contribution in [3.63, 3.8) is 0 Å². The Hall–Kier alpha value is -6.84. The van der Waals surface area contributed by atoms with E-state index in [0.717, 1.165) is 5.69 Å². The van der Waals surface area contributed by atoms with Crippen molar-refractivity contribution >= 4 is 65.4 Å². The molecule has 0 bridgehead atoms. The van der Waals surface area contributed by atoms with Gasteiger partial charge in [-0.2, -0.15) is 0 Å². The lowest BCUT2D eigenvalue weighted by atomic mass is 9.99. The number of benzene rings is 8. The van der Waals surface area contributed by atoms with Crippen LogP contribution in [0, 0.1) is 0 Å². The van der Waals surface area contributed by atoms with Crippen molar-refractivity contribution in [2.75, 3.05) is 0 Å². The van der Waals surface area contributed by atoms with E-state index in [1.165, 1.54) is 93.4 Å². The van der Waals surface area contributed by atoms with Gasteiger partial charge in [-0.1, -0.05) is 127 Å². The fourth-order valence-electron chi connectivity index (χ4n) is 8.75. The average Bonchev–Trinajstić information content (AvgIpc) is 3.84. The molecule has 0 atom stereocenters. The summed E-state index contributed by atoms with van der Waals surface area (Å²) < 4.78 is 7.31. The molecule has 0 unspecified atom stereocenters. The minimum atomic E-state index is 1.14. The molecule has 0 aliphatic heterocycles. The quantitative estimate of drug-likeness (QED) is 0.178. The largest absolute Gasteiger partial charge is 0.344 e. The zero-order valence-corrected chi connectivity index (χ0v) is 28.7. The molecule has 52 heavy (non-hydrogen) atoms. The fraction of sp³-hybridized carbons (Fsp3) is 0.0204. The van der Waals surface area contributed by atoms with E-state index in [9.17, 15) is 0 Å². The molecule has 0 fully saturated rings. The first-order chi connectivity index (χ1) is 25.7. The van der Waals surface area contributed by atoms with Gasteiger partial charge in [-0.05, 0) is 76.9 Å². The summed E-state index contributed by atoms with van der Waals surface area (Å²) in [5.41, 5.74) is 14.5. The van der Waals surface area contributed by atoms with Crippen LogP contribution in [0.2, 0.25) is 0 Å². The van der Waals surface area contributed by atoms with Crippen LogP contribution in [0.25, 0.3) is 99.0 Å². The maximum atomic E-state index is 2.53. The first-order valence-corrected chi connectivity index (χ1v) is 17.9. The van der Waals surface area contributed by atoms with Crippen molar-refractivity contribution in [3.05, 3.63) is 182 Å². The molecule has 0 saturated carbocycles. The van der Waals surface area contributed by atoms with Crippen molar-refractivity contribution in [2.45, 2.75) is 0 Å². The van der Waals surface area contributed by atoms with Gasteiger partial charge in [0, 0.05) is 50.6 Å². The molecule has 0 aliphatic rings. The number of rotatable bonds is 4. The van der Waals surface area contributed by atoms with Gasteiger partial charge < -0.3 is 13.7 Å². The van der Waals surface area contributed by atoms with E-state index in [-0.39, 0.29) is 0 Å². The molecule has 0 N–H and O–H groups in total. The van der Waals surface area contributed by atoms with Gasteiger partial charge in [-0.15, -0.1) is 0 Å². The average molecular weight is 664 g/mol. The van der Waals surface area contributed by atoms with Crippen LogP contribution in [0.4, 0.5) is 0 Å². The van der Waals surface area contributed by atoms with Gasteiger partial charge in [-0.25, -0.2) is 0 Å². The van der Waals surface area contributed by atoms with Crippen LogP contribution < -0.4 is 0 Å². The summed E-state index contributed by atoms with van der Waals surface area (Å²) >= 11 is 0. The Morgan fingerprint density at radius 2 is 0.885 bits per heavy atom. The third-order valence-corrected chi connectivity index (χ3v) is 11.0. The first kappa shape index (κ1) is 28.9. The second-order valence-electron chi connectivity index (χ2n) is 13.8. The van der Waals surface area contributed by atoms with E-state index in [0.29, 0.717) is 0 Å². The molecule has 11 aromatic rings. The summed E-state index contributed by atoms with van der Waals surface area (Å²) in [5.74, 6) is 0. The first-order valence-electron chi connectivity index (χ1n) is 17.9. The summed E-state index contributed by atoms with van der Waals surface area (Å²) in [4.78, 5) is 0. The Labute approximate surface area is 300 Å². The molecular weight excluding hydrogens is 631 g/mol. The highest BCUT2D eigenvalue weighted by atomic mass is 15.0. The molecular formula is C49H33N3. The molecule has 11 rings (SSSR count). The molecule has 0 aliphatic carbocycles. The molecule has 244 valence electrons. The number of nitrogens with zero attached hydrogens (tertiary/aromatic N) is 3. The number of hydrogen-bond donors (Lipinski definition) is 0. The molecule has 3 nitrogen and oxygen atoms in total. The van der Waals surface area contributed by atoms with Gasteiger partial charge >= 0.3 is 0 Å². The van der Waals surface area contributed by atoms with Crippen LogP contribution in [0.1, 0.15) is 0 Å². The second kappa shape index (κ2) is 11.1. The lowest BCUT2D eigenvalue weighted by molar-refractivity contribution is 1.01. The summed E-state index contributed by atoms with van der Waals surface area (Å²) in [6, 6.07) is 66.4. The summed E-state index contributed by atoms with van der Waals surface area (Å²) in [7, 11) is 2.18. The smallest absolute Gasteiger partial charge is 0.0641 e. The van der Waals surface area contributed by atoms with Crippen LogP contribution in [0.5, 0.6) is 0 Å². The number of hydrogen-bond acceptors (Lipinski definition) is 0. The van der Waals surface area contributed by atoms with Crippen LogP contribution in [-0.4, -0.2) is 13.7 Å². The Kier molecular flexibility index (Phi) is 6.17. The highest BCUT2D eigenvalue weighted by molar-refractivity contribution is 6.26. The fourth-order valence-corrected chi connectivity index (χ4v) is 8.75. The molecule has 3 aromatic heterocycles. The molecule has 8 aromatic carbocycles. The normalized spacial score (nSPS) is 11.9. The van der Waals surface area contributed by atoms with Crippen molar-refractivity contribution in [2.24, 2.45) is 7.05 Å². The standard InChI is InChI=1S/C49H33N3/c1-50-41-23-8-6-21-39(41)48-44(50)29-28-38-37-20-5-9-24-42(37)52(49(38)48)46-27-13-26-45-47(46)40-22-7-10-25-43(40)51(45)36-19-12-18-35(31-36)34-17-11-16-33(30-34)32-14-3-2-4-15-32/h2-31H,1H3. The second-order valence-corrected chi connectivity index (χ2v) is 13.8. The summed E-state index contributed by atoms with van der Waals surface area (Å²) in [5, 5.41) is 7.58. The Balaban J connectivity index is 1.20. The van der Waals surface area contributed by atoms with Gasteiger partial charge in [-0.3, -0.25) is 0 Å². The number of aryl methyl sites for hydroxylation is 1. The Morgan fingerprint density at radius 1 is 0.327 bits per heavy atom. The van der Waals surface area contributed by atoms with E-state index in [1.807, 2.05) is 0 Å². The minimum absolute atomic E-state index is 1.14. The van der Waals surface area contributed by atoms with Crippen LogP contribution in [0.3, 0.4) is 0 Å². The number of para-hydroxylation sites is 3. The van der Waals surface area contributed by atoms with Crippen LogP contribution in [0.15, 0.2) is 182 Å². The Bertz CT molecular complexity index is 3190. The third kappa shape index (κ3) is 4.08. The van der Waals surface area contributed by atoms with Crippen molar-refractivity contribution in [1.29, 1.82) is 0 Å². The van der Waals surface area contributed by atoms with E-state index >= 15 is 0 Å². The zero-order chi connectivity index (χ0) is 34.3. The maximum Gasteiger partial charge on any atom is 0.0641 e. The maximum absolute atomic E-state index is 2.53. The van der Waals surface area contributed by atoms with Crippen molar-refractivity contribution in [1.82, 2.24) is 13.7 Å². The van der Waals surface area contributed by atoms with Crippen molar-refractivity contribution in [3.8, 4) is 33.6 Å². The van der Waals surface area contributed by atoms with Gasteiger partial charge in [0.1, 0.15) is 0 Å². The van der Waals surface area contributed by atoms with Gasteiger partial charge in [0.25, 0.3) is 0 Å². The lowest BCUT2D eigenvalue weighted by Crippen LogP contribution is -1.97. The highest BCUT2D eigenvalue weighted by Crippen LogP contribution is 2.44. The Morgan fingerprint density at radius 3 is 1.67 bits per heavy atom. The highest BCUT2D eigenvalue weighted by Gasteiger charge is 2.22. The molecule has 3 heterocycles. The minimum Gasteiger partial charge on any atom is -0.344 e. The lowest BCUT2D eigenvalue weighted by Gasteiger charge is -2.13. The summed E-state index contributed by atoms with van der Waals surface area (Å²) in [6.45, 7) is 0. The zero-order valence-electron chi connectivity index (χ0n) is 28.7. The van der Waals surface area contributed by atoms with Crippen molar-refractivity contribution < 1.29 is 0 Å². The van der Waals surface area contributed by atoms with E-state index in [4.69, 9.17) is 0 Å². The molecule has 3 heteroatoms. The monoisotopic (exact) mass is 663 g/mol. The van der Waals surface area contributed by atoms with Gasteiger partial charge in [0.05, 0.1) is 33.3 Å². The van der Waals surface area contributed by atoms with Crippen LogP contribution in [-0.2, 0) is 7.05 Å². The third-order valence-electron chi connectivity index (χ3n) is 11.0. The van der Waals surface area contributed by atoms with Gasteiger partial charge in [0.15, 0.2) is 0 Å². The predicted molar refractivity (Wildman–Crippen MR) is 220 cm³/mol. The topological polar surface area (TPSA) is 14.8 Å². The van der Waals surface area contributed by atoms with Crippen LogP contribution >= 0.6 is 0 Å². The molecule has 0 spiro atoms. The van der Waals surface area contributed by atoms with E-state index < -0.39 is 0 Å². The molecule has 0 saturated heterocycles. The number of aromatic nitrogens is 3. The van der Waals surface area contributed by atoms with E-state index in [1.54, 1.807) is 0 Å². The number of fused-ring (bicyclic) bond motifs is 10. The SMILES string of the molecule is Cn1c2ccccc2c2c1ccc1c3ccccc3n(-c3cccc4c3c3ccccc3n4-c3cccc(-c4cccc(-c5ccccc5)c4)c3)c12. The summed E-state index contributed by atoms with van der Waals surface area (Å²) in [6.07, 6.45) is 0. The molecule has 0 radical (unpaired) electrons. The predicted octanol–water partition coefficient (Wildman–Crippen LogP) is 12.9. The van der Waals surface area contributed by atoms with E-state index in [2.05, 4.69) is 203 Å².